The molecule has 2 N–H and O–H groups in total. The summed E-state index contributed by atoms with van der Waals surface area (Å²) in [6, 6.07) is 5.33. The van der Waals surface area contributed by atoms with Crippen LogP contribution in [0.15, 0.2) is 18.2 Å². The topological polar surface area (TPSA) is 92.3 Å². The lowest BCUT2D eigenvalue weighted by Gasteiger charge is -2.10. The van der Waals surface area contributed by atoms with E-state index in [2.05, 4.69) is 16.5 Å². The Morgan fingerprint density at radius 1 is 1.27 bits per heavy atom. The number of nitrogens with zero attached hydrogens (tertiary/aromatic N) is 3. The highest BCUT2D eigenvalue weighted by Gasteiger charge is 2.18. The van der Waals surface area contributed by atoms with Gasteiger partial charge in [0.1, 0.15) is 11.3 Å². The predicted molar refractivity (Wildman–Crippen MR) is 101 cm³/mol. The third kappa shape index (κ3) is 3.22. The Labute approximate surface area is 152 Å². The average molecular weight is 356 g/mol. The van der Waals surface area contributed by atoms with E-state index in [0.29, 0.717) is 35.6 Å². The second kappa shape index (κ2) is 7.70. The van der Waals surface area contributed by atoms with Gasteiger partial charge in [0.05, 0.1) is 30.3 Å². The van der Waals surface area contributed by atoms with Crippen LogP contribution in [0.3, 0.4) is 0 Å². The Hall–Kier alpha value is -2.67. The van der Waals surface area contributed by atoms with Gasteiger partial charge in [0, 0.05) is 25.5 Å². The van der Waals surface area contributed by atoms with E-state index in [0.717, 1.165) is 36.0 Å². The number of imidazole rings is 1. The van der Waals surface area contributed by atoms with Crippen molar-refractivity contribution < 1.29 is 14.3 Å². The summed E-state index contributed by atoms with van der Waals surface area (Å²) in [5, 5.41) is 0.910. The highest BCUT2D eigenvalue weighted by atomic mass is 16.5. The molecule has 2 heterocycles. The third-order valence-corrected chi connectivity index (χ3v) is 4.48. The molecular formula is C19H24N4O3. The lowest BCUT2D eigenvalue weighted by atomic mass is 10.1. The summed E-state index contributed by atoms with van der Waals surface area (Å²) in [6.07, 6.45) is 3.01. The van der Waals surface area contributed by atoms with Crippen LogP contribution in [-0.4, -0.2) is 41.3 Å². The van der Waals surface area contributed by atoms with Gasteiger partial charge in [-0.15, -0.1) is 0 Å². The summed E-state index contributed by atoms with van der Waals surface area (Å²) in [5.41, 5.74) is 8.92. The molecule has 7 heteroatoms. The molecule has 3 aromatic rings. The lowest BCUT2D eigenvalue weighted by Crippen LogP contribution is -2.09. The van der Waals surface area contributed by atoms with E-state index in [-0.39, 0.29) is 0 Å². The number of nitrogen functional groups attached to an aromatic ring is 1. The highest BCUT2D eigenvalue weighted by molar-refractivity contribution is 6.08. The maximum Gasteiger partial charge on any atom is 0.337 e. The number of benzene rings is 1. The Balaban J connectivity index is 2.25. The average Bonchev–Trinajstić information content (AvgIpc) is 3.02. The summed E-state index contributed by atoms with van der Waals surface area (Å²) < 4.78 is 12.2. The van der Waals surface area contributed by atoms with Gasteiger partial charge in [-0.3, -0.25) is 0 Å². The first-order valence-electron chi connectivity index (χ1n) is 8.76. The van der Waals surface area contributed by atoms with Crippen molar-refractivity contribution >= 4 is 33.7 Å². The number of anilines is 1. The Morgan fingerprint density at radius 2 is 2.08 bits per heavy atom. The normalized spacial score (nSPS) is 11.3. The summed E-state index contributed by atoms with van der Waals surface area (Å²) in [7, 11) is 3.04. The van der Waals surface area contributed by atoms with Crippen molar-refractivity contribution in [2.45, 2.75) is 32.7 Å². The van der Waals surface area contributed by atoms with Gasteiger partial charge in [-0.2, -0.15) is 0 Å². The van der Waals surface area contributed by atoms with Crippen molar-refractivity contribution in [3.63, 3.8) is 0 Å². The van der Waals surface area contributed by atoms with Gasteiger partial charge in [0.2, 0.25) is 0 Å². The van der Waals surface area contributed by atoms with E-state index in [1.165, 1.54) is 7.11 Å². The van der Waals surface area contributed by atoms with Gasteiger partial charge in [-0.25, -0.2) is 14.8 Å². The van der Waals surface area contributed by atoms with Crippen molar-refractivity contribution in [1.29, 1.82) is 0 Å². The van der Waals surface area contributed by atoms with E-state index in [1.54, 1.807) is 19.2 Å². The molecule has 0 unspecified atom stereocenters. The Morgan fingerprint density at radius 3 is 2.77 bits per heavy atom. The fraction of sp³-hybridized carbons (Fsp3) is 0.421. The minimum absolute atomic E-state index is 0.364. The number of esters is 1. The quantitative estimate of drug-likeness (QED) is 0.654. The summed E-state index contributed by atoms with van der Waals surface area (Å²) in [6.45, 7) is 3.42. The molecule has 138 valence electrons. The van der Waals surface area contributed by atoms with Crippen LogP contribution in [0.5, 0.6) is 0 Å². The fourth-order valence-corrected chi connectivity index (χ4v) is 3.15. The second-order valence-corrected chi connectivity index (χ2v) is 6.19. The number of hydrogen-bond donors (Lipinski definition) is 1. The zero-order valence-corrected chi connectivity index (χ0v) is 15.4. The number of rotatable bonds is 7. The molecular weight excluding hydrogens is 332 g/mol. The van der Waals surface area contributed by atoms with Crippen molar-refractivity contribution in [2.24, 2.45) is 0 Å². The Kier molecular flexibility index (Phi) is 5.37. The molecule has 0 saturated heterocycles. The van der Waals surface area contributed by atoms with E-state index in [4.69, 9.17) is 20.2 Å². The highest BCUT2D eigenvalue weighted by Crippen LogP contribution is 2.30. The van der Waals surface area contributed by atoms with Crippen LogP contribution in [0.25, 0.3) is 21.9 Å². The molecule has 0 amide bonds. The predicted octanol–water partition coefficient (Wildman–Crippen LogP) is 2.94. The smallest absolute Gasteiger partial charge is 0.337 e. The molecule has 26 heavy (non-hydrogen) atoms. The number of hydrogen-bond acceptors (Lipinski definition) is 6. The SMILES string of the molecule is CCCCc1nc2c(N)nc3cc(C(=O)OC)ccc3c2n1CCOC. The molecule has 3 rings (SSSR count). The molecule has 7 nitrogen and oxygen atoms in total. The van der Waals surface area contributed by atoms with Crippen LogP contribution in [0.2, 0.25) is 0 Å². The van der Waals surface area contributed by atoms with Gasteiger partial charge >= 0.3 is 5.97 Å². The number of carbonyl (C=O) groups excluding carboxylic acids is 1. The number of nitrogens with two attached hydrogens (primary N) is 1. The zero-order valence-electron chi connectivity index (χ0n) is 15.4. The van der Waals surface area contributed by atoms with E-state index >= 15 is 0 Å². The number of methoxy groups -OCH3 is 2. The standard InChI is InChI=1S/C19H24N4O3/c1-4-5-6-15-22-16-17(23(15)9-10-25-2)13-8-7-12(19(24)26-3)11-14(13)21-18(16)20/h7-8,11H,4-6,9-10H2,1-3H3,(H2,20,21). The lowest BCUT2D eigenvalue weighted by molar-refractivity contribution is 0.0601. The summed E-state index contributed by atoms with van der Waals surface area (Å²) in [5.74, 6) is 0.948. The maximum absolute atomic E-state index is 11.8. The van der Waals surface area contributed by atoms with Crippen LogP contribution >= 0.6 is 0 Å². The molecule has 0 fully saturated rings. The molecule has 0 aliphatic rings. The van der Waals surface area contributed by atoms with Gasteiger partial charge in [0.25, 0.3) is 0 Å². The molecule has 1 aromatic carbocycles. The molecule has 0 bridgehead atoms. The van der Waals surface area contributed by atoms with Crippen LogP contribution in [0.4, 0.5) is 5.82 Å². The van der Waals surface area contributed by atoms with E-state index in [1.807, 2.05) is 6.07 Å². The van der Waals surface area contributed by atoms with Crippen LogP contribution in [0, 0.1) is 0 Å². The van der Waals surface area contributed by atoms with Gasteiger partial charge in [0.15, 0.2) is 5.82 Å². The first kappa shape index (κ1) is 18.1. The van der Waals surface area contributed by atoms with Crippen LogP contribution in [0.1, 0.15) is 35.9 Å². The largest absolute Gasteiger partial charge is 0.465 e. The summed E-state index contributed by atoms with van der Waals surface area (Å²) in [4.78, 5) is 21.0. The van der Waals surface area contributed by atoms with Crippen molar-refractivity contribution in [2.75, 3.05) is 26.6 Å². The first-order valence-corrected chi connectivity index (χ1v) is 8.76. The number of fused-ring (bicyclic) bond motifs is 3. The molecule has 0 atom stereocenters. The van der Waals surface area contributed by atoms with E-state index < -0.39 is 5.97 Å². The fourth-order valence-electron chi connectivity index (χ4n) is 3.15. The van der Waals surface area contributed by atoms with Crippen molar-refractivity contribution in [3.05, 3.63) is 29.6 Å². The minimum atomic E-state index is -0.399. The number of aromatic nitrogens is 3. The number of pyridine rings is 1. The molecule has 0 saturated carbocycles. The molecule has 2 aromatic heterocycles. The second-order valence-electron chi connectivity index (χ2n) is 6.19. The maximum atomic E-state index is 11.8. The number of aryl methyl sites for hydroxylation is 1. The van der Waals surface area contributed by atoms with Gasteiger partial charge in [-0.1, -0.05) is 13.3 Å². The number of carbonyl (C=O) groups is 1. The molecule has 0 aliphatic heterocycles. The van der Waals surface area contributed by atoms with Gasteiger partial charge < -0.3 is 19.8 Å². The monoisotopic (exact) mass is 356 g/mol. The summed E-state index contributed by atoms with van der Waals surface area (Å²) >= 11 is 0. The molecule has 0 radical (unpaired) electrons. The third-order valence-electron chi connectivity index (χ3n) is 4.48. The zero-order chi connectivity index (χ0) is 18.7. The number of unbranched alkanes of at least 4 members (excludes halogenated alkanes) is 1. The first-order chi connectivity index (χ1) is 12.6. The molecule has 0 aliphatic carbocycles. The number of ether oxygens (including phenoxy) is 2. The molecule has 0 spiro atoms. The Bertz CT molecular complexity index is 949. The van der Waals surface area contributed by atoms with Gasteiger partial charge in [-0.05, 0) is 24.6 Å². The minimum Gasteiger partial charge on any atom is -0.465 e. The van der Waals surface area contributed by atoms with Crippen molar-refractivity contribution in [3.8, 4) is 0 Å². The van der Waals surface area contributed by atoms with Crippen LogP contribution < -0.4 is 5.73 Å². The van der Waals surface area contributed by atoms with Crippen LogP contribution in [-0.2, 0) is 22.4 Å². The van der Waals surface area contributed by atoms with E-state index in [9.17, 15) is 4.79 Å². The van der Waals surface area contributed by atoms with Crippen molar-refractivity contribution in [1.82, 2.24) is 14.5 Å².